The molecule has 0 saturated carbocycles. The van der Waals surface area contributed by atoms with E-state index >= 15 is 0 Å². The van der Waals surface area contributed by atoms with E-state index in [0.717, 1.165) is 26.8 Å². The first kappa shape index (κ1) is 13.2. The van der Waals surface area contributed by atoms with Gasteiger partial charge in [-0.3, -0.25) is 4.98 Å². The lowest BCUT2D eigenvalue weighted by molar-refractivity contribution is 0.901. The van der Waals surface area contributed by atoms with Crippen LogP contribution in [0.15, 0.2) is 64.1 Å². The van der Waals surface area contributed by atoms with Crippen molar-refractivity contribution in [3.8, 4) is 0 Å². The van der Waals surface area contributed by atoms with Gasteiger partial charge in [-0.05, 0) is 39.7 Å². The third-order valence-electron chi connectivity index (χ3n) is 3.71. The lowest BCUT2D eigenvalue weighted by atomic mass is 10.1. The zero-order valence-electron chi connectivity index (χ0n) is 11.2. The number of pyridine rings is 1. The van der Waals surface area contributed by atoms with Crippen LogP contribution in [-0.2, 0) is 0 Å². The highest BCUT2D eigenvalue weighted by Crippen LogP contribution is 2.40. The van der Waals surface area contributed by atoms with Crippen molar-refractivity contribution >= 4 is 44.3 Å². The van der Waals surface area contributed by atoms with Gasteiger partial charge in [0.25, 0.3) is 0 Å². The third kappa shape index (κ3) is 2.43. The Morgan fingerprint density at radius 1 is 1.14 bits per heavy atom. The van der Waals surface area contributed by atoms with Crippen molar-refractivity contribution in [2.45, 2.75) is 10.9 Å². The Bertz CT molecular complexity index is 819. The van der Waals surface area contributed by atoms with Crippen molar-refractivity contribution < 1.29 is 0 Å². The number of thioether (sulfide) groups is 1. The quantitative estimate of drug-likeness (QED) is 0.678. The van der Waals surface area contributed by atoms with Crippen LogP contribution in [0.1, 0.15) is 11.6 Å². The highest BCUT2D eigenvalue weighted by molar-refractivity contribution is 9.10. The molecule has 4 rings (SSSR count). The minimum atomic E-state index is 0.349. The summed E-state index contributed by atoms with van der Waals surface area (Å²) in [5.41, 5.74) is 3.51. The number of anilines is 1. The summed E-state index contributed by atoms with van der Waals surface area (Å²) in [5, 5.41) is 4.81. The van der Waals surface area contributed by atoms with Gasteiger partial charge >= 0.3 is 0 Å². The van der Waals surface area contributed by atoms with E-state index in [1.54, 1.807) is 0 Å². The summed E-state index contributed by atoms with van der Waals surface area (Å²) in [4.78, 5) is 5.94. The number of benzene rings is 2. The van der Waals surface area contributed by atoms with Crippen molar-refractivity contribution in [3.05, 3.63) is 64.8 Å². The topological polar surface area (TPSA) is 24.9 Å². The van der Waals surface area contributed by atoms with Crippen LogP contribution in [0.4, 0.5) is 5.69 Å². The first-order valence-electron chi connectivity index (χ1n) is 6.84. The largest absolute Gasteiger partial charge is 0.376 e. The Balaban J connectivity index is 1.73. The molecule has 1 unspecified atom stereocenters. The van der Waals surface area contributed by atoms with Crippen LogP contribution in [0.3, 0.4) is 0 Å². The molecule has 0 radical (unpaired) electrons. The van der Waals surface area contributed by atoms with E-state index in [0.29, 0.717) is 6.04 Å². The number of nitrogens with one attached hydrogen (secondary N) is 1. The molecule has 0 spiro atoms. The van der Waals surface area contributed by atoms with Crippen molar-refractivity contribution in [1.29, 1.82) is 0 Å². The monoisotopic (exact) mass is 356 g/mol. The summed E-state index contributed by atoms with van der Waals surface area (Å²) in [6.07, 6.45) is 1.85. The Morgan fingerprint density at radius 3 is 3.00 bits per heavy atom. The van der Waals surface area contributed by atoms with Gasteiger partial charge in [-0.1, -0.05) is 30.3 Å². The zero-order valence-corrected chi connectivity index (χ0v) is 13.6. The van der Waals surface area contributed by atoms with E-state index in [1.165, 1.54) is 10.5 Å². The fourth-order valence-corrected chi connectivity index (χ4v) is 4.23. The molecular formula is C17H13BrN2S. The van der Waals surface area contributed by atoms with Gasteiger partial charge in [0, 0.05) is 26.7 Å². The minimum Gasteiger partial charge on any atom is -0.376 e. The zero-order chi connectivity index (χ0) is 14.2. The normalized spacial score (nSPS) is 16.9. The molecule has 104 valence electrons. The van der Waals surface area contributed by atoms with Crippen molar-refractivity contribution in [1.82, 2.24) is 4.98 Å². The molecule has 1 atom stereocenters. The molecule has 0 amide bonds. The second kappa shape index (κ2) is 5.35. The summed E-state index contributed by atoms with van der Waals surface area (Å²) >= 11 is 5.39. The van der Waals surface area contributed by atoms with Gasteiger partial charge in [-0.25, -0.2) is 0 Å². The van der Waals surface area contributed by atoms with Gasteiger partial charge in [-0.15, -0.1) is 11.8 Å². The smallest absolute Gasteiger partial charge is 0.0934 e. The van der Waals surface area contributed by atoms with E-state index in [1.807, 2.05) is 18.0 Å². The molecule has 0 bridgehead atoms. The molecule has 4 heteroatoms. The second-order valence-electron chi connectivity index (χ2n) is 5.08. The average molecular weight is 357 g/mol. The molecule has 2 aromatic carbocycles. The van der Waals surface area contributed by atoms with Crippen LogP contribution in [0.2, 0.25) is 0 Å². The maximum absolute atomic E-state index is 4.56. The van der Waals surface area contributed by atoms with E-state index in [4.69, 9.17) is 0 Å². The SMILES string of the molecule is Brc1cnc2c(NC3CSc4ccccc43)cccc2c1. The van der Waals surface area contributed by atoms with E-state index in [9.17, 15) is 0 Å². The summed E-state index contributed by atoms with van der Waals surface area (Å²) in [6, 6.07) is 17.3. The lowest BCUT2D eigenvalue weighted by Crippen LogP contribution is -2.10. The maximum Gasteiger partial charge on any atom is 0.0934 e. The molecule has 1 aromatic heterocycles. The molecule has 3 aromatic rings. The van der Waals surface area contributed by atoms with Crippen LogP contribution in [-0.4, -0.2) is 10.7 Å². The van der Waals surface area contributed by atoms with Gasteiger partial charge in [0.05, 0.1) is 17.2 Å². The van der Waals surface area contributed by atoms with E-state index in [2.05, 4.69) is 74.8 Å². The summed E-state index contributed by atoms with van der Waals surface area (Å²) in [7, 11) is 0. The summed E-state index contributed by atoms with van der Waals surface area (Å²) in [6.45, 7) is 0. The number of para-hydroxylation sites is 1. The van der Waals surface area contributed by atoms with Gasteiger partial charge in [0.2, 0.25) is 0 Å². The number of hydrogen-bond donors (Lipinski definition) is 1. The molecule has 21 heavy (non-hydrogen) atoms. The number of nitrogens with zero attached hydrogens (tertiary/aromatic N) is 1. The van der Waals surface area contributed by atoms with Crippen molar-refractivity contribution in [2.75, 3.05) is 11.1 Å². The van der Waals surface area contributed by atoms with Crippen LogP contribution < -0.4 is 5.32 Å². The Hall–Kier alpha value is -1.52. The van der Waals surface area contributed by atoms with Crippen molar-refractivity contribution in [2.24, 2.45) is 0 Å². The van der Waals surface area contributed by atoms with Crippen LogP contribution in [0.25, 0.3) is 10.9 Å². The fraction of sp³-hybridized carbons (Fsp3) is 0.118. The van der Waals surface area contributed by atoms with Crippen LogP contribution in [0.5, 0.6) is 0 Å². The molecule has 1 aliphatic heterocycles. The van der Waals surface area contributed by atoms with Crippen molar-refractivity contribution in [3.63, 3.8) is 0 Å². The van der Waals surface area contributed by atoms with Gasteiger partial charge in [0.15, 0.2) is 0 Å². The molecule has 1 N–H and O–H groups in total. The number of rotatable bonds is 2. The Labute approximate surface area is 136 Å². The lowest BCUT2D eigenvalue weighted by Gasteiger charge is -2.16. The number of aromatic nitrogens is 1. The third-order valence-corrected chi connectivity index (χ3v) is 5.32. The summed E-state index contributed by atoms with van der Waals surface area (Å²) < 4.78 is 1.01. The molecule has 0 aliphatic carbocycles. The van der Waals surface area contributed by atoms with Gasteiger partial charge in [0.1, 0.15) is 0 Å². The first-order valence-corrected chi connectivity index (χ1v) is 8.62. The minimum absolute atomic E-state index is 0.349. The first-order chi connectivity index (χ1) is 10.3. The average Bonchev–Trinajstić information content (AvgIpc) is 2.91. The van der Waals surface area contributed by atoms with E-state index in [-0.39, 0.29) is 0 Å². The van der Waals surface area contributed by atoms with Gasteiger partial charge in [-0.2, -0.15) is 0 Å². The Morgan fingerprint density at radius 2 is 2.05 bits per heavy atom. The predicted molar refractivity (Wildman–Crippen MR) is 93.0 cm³/mol. The van der Waals surface area contributed by atoms with Gasteiger partial charge < -0.3 is 5.32 Å². The molecule has 2 nitrogen and oxygen atoms in total. The molecule has 0 saturated heterocycles. The molecular weight excluding hydrogens is 344 g/mol. The molecule has 1 aliphatic rings. The highest BCUT2D eigenvalue weighted by Gasteiger charge is 2.22. The predicted octanol–water partition coefficient (Wildman–Crippen LogP) is 5.26. The van der Waals surface area contributed by atoms with Crippen LogP contribution >= 0.6 is 27.7 Å². The molecule has 2 heterocycles. The number of hydrogen-bond acceptors (Lipinski definition) is 3. The second-order valence-corrected chi connectivity index (χ2v) is 7.05. The summed E-state index contributed by atoms with van der Waals surface area (Å²) in [5.74, 6) is 1.06. The van der Waals surface area contributed by atoms with E-state index < -0.39 is 0 Å². The number of halogens is 1. The maximum atomic E-state index is 4.56. The Kier molecular flexibility index (Phi) is 3.36. The molecule has 0 fully saturated rings. The highest BCUT2D eigenvalue weighted by atomic mass is 79.9. The fourth-order valence-electron chi connectivity index (χ4n) is 2.72. The number of fused-ring (bicyclic) bond motifs is 2. The van der Waals surface area contributed by atoms with Crippen LogP contribution in [0, 0.1) is 0 Å². The standard InChI is InChI=1S/C17H13BrN2S/c18-12-8-11-4-3-6-14(17(11)19-9-12)20-15-10-21-16-7-2-1-5-13(15)16/h1-9,15,20H,10H2.